The van der Waals surface area contributed by atoms with Gasteiger partial charge in [-0.1, -0.05) is 11.0 Å². The topological polar surface area (TPSA) is 188 Å². The van der Waals surface area contributed by atoms with E-state index in [9.17, 15) is 10.2 Å². The van der Waals surface area contributed by atoms with E-state index in [2.05, 4.69) is 36.8 Å². The average molecular weight is 346 g/mol. The number of aliphatic hydroxyl groups excluding tert-OH is 3. The number of hydrogen-bond donors (Lipinski definition) is 4. The molecule has 3 rings (SSSR count). The van der Waals surface area contributed by atoms with E-state index in [1.807, 2.05) is 0 Å². The minimum absolute atomic E-state index is 0.0689. The summed E-state index contributed by atoms with van der Waals surface area (Å²) >= 11 is 0. The molecule has 12 heteroatoms. The monoisotopic (exact) mass is 346 g/mol. The predicted octanol–water partition coefficient (Wildman–Crippen LogP) is -1.32. The lowest BCUT2D eigenvalue weighted by atomic mass is 10.1. The molecule has 0 radical (unpaired) electrons. The van der Waals surface area contributed by atoms with Gasteiger partial charge in [-0.15, -0.1) is 0 Å². The summed E-state index contributed by atoms with van der Waals surface area (Å²) in [4.78, 5) is 14.9. The molecule has 1 saturated heterocycles. The van der Waals surface area contributed by atoms with Crippen LogP contribution in [0.5, 0.6) is 0 Å². The Morgan fingerprint density at radius 1 is 1.40 bits per heavy atom. The van der Waals surface area contributed by atoms with Crippen molar-refractivity contribution in [3.63, 3.8) is 0 Å². The number of nitrogens with two attached hydrogens (primary N) is 1. The molecule has 1 aliphatic rings. The zero-order chi connectivity index (χ0) is 18.0. The molecule has 1 fully saturated rings. The van der Waals surface area contributed by atoms with Gasteiger partial charge in [-0.3, -0.25) is 4.57 Å². The maximum absolute atomic E-state index is 10.2. The number of rotatable bonds is 3. The molecule has 25 heavy (non-hydrogen) atoms. The average Bonchev–Trinajstić information content (AvgIpc) is 3.14. The third-order valence-electron chi connectivity index (χ3n) is 3.66. The predicted molar refractivity (Wildman–Crippen MR) is 83.6 cm³/mol. The van der Waals surface area contributed by atoms with Crippen LogP contribution in [0.25, 0.3) is 21.6 Å². The van der Waals surface area contributed by atoms with Gasteiger partial charge in [-0.25, -0.2) is 15.0 Å². The van der Waals surface area contributed by atoms with E-state index in [0.717, 1.165) is 0 Å². The van der Waals surface area contributed by atoms with E-state index in [-0.39, 0.29) is 36.0 Å². The van der Waals surface area contributed by atoms with E-state index >= 15 is 0 Å². The van der Waals surface area contributed by atoms with Gasteiger partial charge in [0, 0.05) is 4.91 Å². The maximum atomic E-state index is 10.2. The third kappa shape index (κ3) is 3.05. The van der Waals surface area contributed by atoms with Gasteiger partial charge in [0.15, 0.2) is 17.7 Å². The summed E-state index contributed by atoms with van der Waals surface area (Å²) in [6, 6.07) is 0. The van der Waals surface area contributed by atoms with Crippen LogP contribution in [-0.2, 0) is 4.74 Å². The summed E-state index contributed by atoms with van der Waals surface area (Å²) in [5.41, 5.74) is 14.7. The molecule has 12 nitrogen and oxygen atoms in total. The highest BCUT2D eigenvalue weighted by Gasteiger charge is 2.44. The minimum Gasteiger partial charge on any atom is -0.388 e. The van der Waals surface area contributed by atoms with E-state index in [1.54, 1.807) is 0 Å². The third-order valence-corrected chi connectivity index (χ3v) is 3.66. The highest BCUT2D eigenvalue weighted by atomic mass is 16.6. The Bertz CT molecular complexity index is 897. The summed E-state index contributed by atoms with van der Waals surface area (Å²) in [6.07, 6.45) is -3.08. The molecule has 5 N–H and O–H groups in total. The van der Waals surface area contributed by atoms with Gasteiger partial charge >= 0.3 is 0 Å². The van der Waals surface area contributed by atoms with E-state index in [0.29, 0.717) is 0 Å². The van der Waals surface area contributed by atoms with Crippen LogP contribution in [0.2, 0.25) is 0 Å². The van der Waals surface area contributed by atoms with Crippen molar-refractivity contribution in [3.8, 4) is 11.8 Å². The Balaban J connectivity index is 2.01. The van der Waals surface area contributed by atoms with Crippen molar-refractivity contribution in [2.24, 2.45) is 5.11 Å². The van der Waals surface area contributed by atoms with Crippen molar-refractivity contribution in [3.05, 3.63) is 22.6 Å². The molecule has 0 unspecified atom stereocenters. The van der Waals surface area contributed by atoms with E-state index in [1.165, 1.54) is 10.9 Å². The highest BCUT2D eigenvalue weighted by molar-refractivity contribution is 5.82. The normalized spacial score (nSPS) is 25.4. The molecule has 3 heterocycles. The Morgan fingerprint density at radius 2 is 2.20 bits per heavy atom. The Morgan fingerprint density at radius 3 is 2.92 bits per heavy atom. The van der Waals surface area contributed by atoms with Crippen molar-refractivity contribution in [1.82, 2.24) is 19.5 Å². The fraction of sp³-hybridized carbons (Fsp3) is 0.462. The summed E-state index contributed by atoms with van der Waals surface area (Å²) in [6.45, 7) is -0.500. The number of nitrogen functional groups attached to an aromatic ring is 1. The first-order chi connectivity index (χ1) is 12.1. The van der Waals surface area contributed by atoms with Gasteiger partial charge in [0.1, 0.15) is 24.3 Å². The second-order valence-electron chi connectivity index (χ2n) is 5.18. The molecule has 1 aliphatic heterocycles. The molecule has 2 aromatic heterocycles. The smallest absolute Gasteiger partial charge is 0.209 e. The number of azide groups is 1. The summed E-state index contributed by atoms with van der Waals surface area (Å²) in [5, 5.41) is 32.4. The molecule has 0 spiro atoms. The van der Waals surface area contributed by atoms with Crippen molar-refractivity contribution < 1.29 is 20.1 Å². The van der Waals surface area contributed by atoms with Crippen LogP contribution in [0, 0.1) is 11.8 Å². The zero-order valence-electron chi connectivity index (χ0n) is 12.8. The Labute approximate surface area is 140 Å². The van der Waals surface area contributed by atoms with Crippen molar-refractivity contribution in [2.75, 3.05) is 18.9 Å². The van der Waals surface area contributed by atoms with Crippen molar-refractivity contribution >= 4 is 17.0 Å². The van der Waals surface area contributed by atoms with Crippen LogP contribution >= 0.6 is 0 Å². The highest BCUT2D eigenvalue weighted by Crippen LogP contribution is 2.32. The van der Waals surface area contributed by atoms with Gasteiger partial charge in [0.2, 0.25) is 5.82 Å². The lowest BCUT2D eigenvalue weighted by Gasteiger charge is -2.16. The van der Waals surface area contributed by atoms with Gasteiger partial charge in [0.05, 0.1) is 19.0 Å². The minimum atomic E-state index is -1.29. The number of anilines is 1. The zero-order valence-corrected chi connectivity index (χ0v) is 12.8. The molecule has 4 atom stereocenters. The molecule has 0 saturated carbocycles. The maximum Gasteiger partial charge on any atom is 0.209 e. The molecule has 0 amide bonds. The van der Waals surface area contributed by atoms with Gasteiger partial charge in [-0.05, 0) is 11.5 Å². The fourth-order valence-corrected chi connectivity index (χ4v) is 2.53. The van der Waals surface area contributed by atoms with E-state index in [4.69, 9.17) is 21.1 Å². The van der Waals surface area contributed by atoms with Gasteiger partial charge < -0.3 is 25.8 Å². The van der Waals surface area contributed by atoms with Crippen molar-refractivity contribution in [1.29, 1.82) is 0 Å². The first-order valence-electron chi connectivity index (χ1n) is 7.19. The number of aliphatic hydroxyl groups is 3. The largest absolute Gasteiger partial charge is 0.388 e. The molecule has 130 valence electrons. The summed E-state index contributed by atoms with van der Waals surface area (Å²) < 4.78 is 6.97. The first kappa shape index (κ1) is 16.9. The molecule has 0 aliphatic carbocycles. The molecular formula is C13H14N8O4. The number of aromatic nitrogens is 4. The summed E-state index contributed by atoms with van der Waals surface area (Å²) in [7, 11) is 0. The second-order valence-corrected chi connectivity index (χ2v) is 5.18. The van der Waals surface area contributed by atoms with Crippen LogP contribution in [0.15, 0.2) is 11.4 Å². The molecular weight excluding hydrogens is 332 g/mol. The van der Waals surface area contributed by atoms with Crippen LogP contribution in [-0.4, -0.2) is 66.3 Å². The summed E-state index contributed by atoms with van der Waals surface area (Å²) in [5.74, 6) is 5.10. The Kier molecular flexibility index (Phi) is 4.66. The first-order valence-corrected chi connectivity index (χ1v) is 7.19. The fourth-order valence-electron chi connectivity index (χ4n) is 2.53. The molecule has 0 aromatic carbocycles. The number of ether oxygens (including phenoxy) is 1. The number of imidazole rings is 1. The van der Waals surface area contributed by atoms with Gasteiger partial charge in [0.25, 0.3) is 0 Å². The SMILES string of the molecule is [N-]=[N+]=NC[C@H]1O[C@@H](n2cnc3c(N)nc(C#CCO)nc32)[C@H](O)[C@@H]1O. The second kappa shape index (κ2) is 6.89. The number of fused-ring (bicyclic) bond motifs is 1. The van der Waals surface area contributed by atoms with Crippen LogP contribution in [0.3, 0.4) is 0 Å². The molecule has 0 bridgehead atoms. The van der Waals surface area contributed by atoms with E-state index < -0.39 is 24.5 Å². The molecule has 2 aromatic rings. The van der Waals surface area contributed by atoms with Crippen LogP contribution < -0.4 is 5.73 Å². The lowest BCUT2D eigenvalue weighted by molar-refractivity contribution is -0.0321. The number of hydrogen-bond acceptors (Lipinski definition) is 9. The quantitative estimate of drug-likeness (QED) is 0.228. The number of nitrogens with zero attached hydrogens (tertiary/aromatic N) is 7. The van der Waals surface area contributed by atoms with Crippen LogP contribution in [0.1, 0.15) is 12.1 Å². The lowest BCUT2D eigenvalue weighted by Crippen LogP contribution is -2.32. The van der Waals surface area contributed by atoms with Crippen LogP contribution in [0.4, 0.5) is 5.82 Å². The van der Waals surface area contributed by atoms with Gasteiger partial charge in [-0.2, -0.15) is 0 Å². The Hall–Kier alpha value is -2.94. The standard InChI is InChI=1S/C13H14N8O4/c14-11-8-12(19-7(18-11)2-1-3-22)21(5-16-8)13-10(24)9(23)6(25-13)4-17-20-15/h5-6,9-10,13,22-24H,3-4H2,(H2,14,18,19)/t6-,9-,10-,13-/m1/s1. The van der Waals surface area contributed by atoms with Crippen molar-refractivity contribution in [2.45, 2.75) is 24.5 Å².